The second-order valence-electron chi connectivity index (χ2n) is 4.24. The number of amides is 1. The lowest BCUT2D eigenvalue weighted by atomic mass is 10.1. The maximum atomic E-state index is 11.7. The molecular formula is C14H17N3OS. The number of aromatic nitrogens is 2. The first-order chi connectivity index (χ1) is 9.28. The lowest BCUT2D eigenvalue weighted by Crippen LogP contribution is -2.11. The van der Waals surface area contributed by atoms with Gasteiger partial charge in [0, 0.05) is 6.42 Å². The molecule has 0 aliphatic heterocycles. The van der Waals surface area contributed by atoms with Crippen LogP contribution in [0.25, 0.3) is 0 Å². The molecule has 19 heavy (non-hydrogen) atoms. The van der Waals surface area contributed by atoms with Gasteiger partial charge in [0.1, 0.15) is 5.01 Å². The highest BCUT2D eigenvalue weighted by molar-refractivity contribution is 7.15. The number of benzene rings is 1. The zero-order chi connectivity index (χ0) is 13.5. The molecule has 1 aromatic heterocycles. The summed E-state index contributed by atoms with van der Waals surface area (Å²) in [5, 5.41) is 12.2. The van der Waals surface area contributed by atoms with Crippen molar-refractivity contribution in [1.82, 2.24) is 10.2 Å². The minimum Gasteiger partial charge on any atom is -0.301 e. The van der Waals surface area contributed by atoms with Gasteiger partial charge in [-0.05, 0) is 24.8 Å². The zero-order valence-corrected chi connectivity index (χ0v) is 11.7. The Morgan fingerprint density at radius 3 is 2.74 bits per heavy atom. The van der Waals surface area contributed by atoms with Crippen LogP contribution in [0.4, 0.5) is 5.13 Å². The molecule has 0 unspecified atom stereocenters. The molecule has 0 spiro atoms. The summed E-state index contributed by atoms with van der Waals surface area (Å²) in [7, 11) is 0. The Kier molecular flexibility index (Phi) is 5.03. The summed E-state index contributed by atoms with van der Waals surface area (Å²) >= 11 is 1.44. The Balaban J connectivity index is 1.73. The SMILES string of the molecule is CCc1nnc(NC(=O)CCCc2ccccc2)s1. The van der Waals surface area contributed by atoms with E-state index in [-0.39, 0.29) is 5.91 Å². The van der Waals surface area contributed by atoms with Crippen molar-refractivity contribution < 1.29 is 4.79 Å². The zero-order valence-electron chi connectivity index (χ0n) is 10.9. The van der Waals surface area contributed by atoms with E-state index in [2.05, 4.69) is 27.6 Å². The van der Waals surface area contributed by atoms with E-state index in [1.165, 1.54) is 16.9 Å². The molecule has 0 atom stereocenters. The molecule has 0 fully saturated rings. The summed E-state index contributed by atoms with van der Waals surface area (Å²) in [6.45, 7) is 2.02. The van der Waals surface area contributed by atoms with Gasteiger partial charge in [0.2, 0.25) is 11.0 Å². The van der Waals surface area contributed by atoms with E-state index in [0.29, 0.717) is 11.6 Å². The van der Waals surface area contributed by atoms with Crippen LogP contribution >= 0.6 is 11.3 Å². The molecule has 2 aromatic rings. The smallest absolute Gasteiger partial charge is 0.226 e. The molecule has 1 amide bonds. The van der Waals surface area contributed by atoms with Crippen LogP contribution in [0.3, 0.4) is 0 Å². The molecule has 1 heterocycles. The van der Waals surface area contributed by atoms with Gasteiger partial charge in [-0.2, -0.15) is 0 Å². The third-order valence-electron chi connectivity index (χ3n) is 2.73. The molecule has 0 saturated carbocycles. The fourth-order valence-electron chi connectivity index (χ4n) is 1.73. The van der Waals surface area contributed by atoms with Crippen LogP contribution < -0.4 is 5.32 Å². The van der Waals surface area contributed by atoms with Gasteiger partial charge < -0.3 is 5.32 Å². The van der Waals surface area contributed by atoms with Crippen LogP contribution in [0, 0.1) is 0 Å². The molecule has 1 N–H and O–H groups in total. The van der Waals surface area contributed by atoms with E-state index in [1.54, 1.807) is 0 Å². The average Bonchev–Trinajstić information content (AvgIpc) is 2.87. The van der Waals surface area contributed by atoms with Crippen LogP contribution in [0.5, 0.6) is 0 Å². The summed E-state index contributed by atoms with van der Waals surface area (Å²) in [4.78, 5) is 11.7. The number of aryl methyl sites for hydroxylation is 2. The second-order valence-corrected chi connectivity index (χ2v) is 5.30. The summed E-state index contributed by atoms with van der Waals surface area (Å²) in [6, 6.07) is 10.2. The Labute approximate surface area is 116 Å². The number of hydrogen-bond donors (Lipinski definition) is 1. The monoisotopic (exact) mass is 275 g/mol. The van der Waals surface area contributed by atoms with Gasteiger partial charge in [0.25, 0.3) is 0 Å². The molecule has 0 bridgehead atoms. The number of nitrogens with zero attached hydrogens (tertiary/aromatic N) is 2. The van der Waals surface area contributed by atoms with E-state index >= 15 is 0 Å². The molecule has 0 aliphatic carbocycles. The first-order valence-corrected chi connectivity index (χ1v) is 7.25. The van der Waals surface area contributed by atoms with Crippen molar-refractivity contribution in [2.45, 2.75) is 32.6 Å². The van der Waals surface area contributed by atoms with Crippen molar-refractivity contribution in [2.24, 2.45) is 0 Å². The second kappa shape index (κ2) is 6.99. The molecule has 2 rings (SSSR count). The summed E-state index contributed by atoms with van der Waals surface area (Å²) in [6.07, 6.45) is 3.12. The van der Waals surface area contributed by atoms with Crippen molar-refractivity contribution in [3.8, 4) is 0 Å². The normalized spacial score (nSPS) is 10.4. The van der Waals surface area contributed by atoms with Crippen LogP contribution in [0.1, 0.15) is 30.3 Å². The van der Waals surface area contributed by atoms with E-state index in [9.17, 15) is 4.79 Å². The van der Waals surface area contributed by atoms with Crippen molar-refractivity contribution in [2.75, 3.05) is 5.32 Å². The van der Waals surface area contributed by atoms with Gasteiger partial charge in [-0.25, -0.2) is 0 Å². The quantitative estimate of drug-likeness (QED) is 0.881. The van der Waals surface area contributed by atoms with Crippen molar-refractivity contribution in [1.29, 1.82) is 0 Å². The molecule has 4 nitrogen and oxygen atoms in total. The first kappa shape index (κ1) is 13.7. The fourth-order valence-corrected chi connectivity index (χ4v) is 2.42. The van der Waals surface area contributed by atoms with Crippen LogP contribution in [-0.2, 0) is 17.6 Å². The standard InChI is InChI=1S/C14H17N3OS/c1-2-13-16-17-14(19-13)15-12(18)10-6-9-11-7-4-3-5-8-11/h3-5,7-8H,2,6,9-10H2,1H3,(H,15,17,18). The summed E-state index contributed by atoms with van der Waals surface area (Å²) in [5.41, 5.74) is 1.26. The fraction of sp³-hybridized carbons (Fsp3) is 0.357. The lowest BCUT2D eigenvalue weighted by Gasteiger charge is -2.01. The topological polar surface area (TPSA) is 54.9 Å². The average molecular weight is 275 g/mol. The molecule has 5 heteroatoms. The highest BCUT2D eigenvalue weighted by atomic mass is 32.1. The third kappa shape index (κ3) is 4.44. The van der Waals surface area contributed by atoms with E-state index in [0.717, 1.165) is 24.3 Å². The Morgan fingerprint density at radius 1 is 1.26 bits per heavy atom. The minimum atomic E-state index is 0.00901. The Morgan fingerprint density at radius 2 is 2.05 bits per heavy atom. The van der Waals surface area contributed by atoms with E-state index in [1.807, 2.05) is 25.1 Å². The van der Waals surface area contributed by atoms with E-state index < -0.39 is 0 Å². The number of nitrogens with one attached hydrogen (secondary N) is 1. The van der Waals surface area contributed by atoms with Gasteiger partial charge in [-0.15, -0.1) is 10.2 Å². The van der Waals surface area contributed by atoms with Crippen LogP contribution in [0.15, 0.2) is 30.3 Å². The Hall–Kier alpha value is -1.75. The van der Waals surface area contributed by atoms with Crippen molar-refractivity contribution in [3.05, 3.63) is 40.9 Å². The van der Waals surface area contributed by atoms with Gasteiger partial charge in [-0.1, -0.05) is 48.6 Å². The summed E-state index contributed by atoms with van der Waals surface area (Å²) < 4.78 is 0. The maximum absolute atomic E-state index is 11.7. The predicted octanol–water partition coefficient (Wildman–Crippen LogP) is 3.06. The number of rotatable bonds is 6. The van der Waals surface area contributed by atoms with Crippen LogP contribution in [0.2, 0.25) is 0 Å². The first-order valence-electron chi connectivity index (χ1n) is 6.44. The minimum absolute atomic E-state index is 0.00901. The number of hydrogen-bond acceptors (Lipinski definition) is 4. The summed E-state index contributed by atoms with van der Waals surface area (Å²) in [5.74, 6) is 0.00901. The highest BCUT2D eigenvalue weighted by Crippen LogP contribution is 2.15. The number of carbonyl (C=O) groups is 1. The number of anilines is 1. The Bertz CT molecular complexity index is 524. The lowest BCUT2D eigenvalue weighted by molar-refractivity contribution is -0.116. The third-order valence-corrected chi connectivity index (χ3v) is 3.71. The van der Waals surface area contributed by atoms with Crippen LogP contribution in [-0.4, -0.2) is 16.1 Å². The highest BCUT2D eigenvalue weighted by Gasteiger charge is 2.07. The molecule has 0 saturated heterocycles. The number of carbonyl (C=O) groups excluding carboxylic acids is 1. The molecule has 0 aliphatic rings. The van der Waals surface area contributed by atoms with E-state index in [4.69, 9.17) is 0 Å². The molecule has 1 aromatic carbocycles. The molecule has 0 radical (unpaired) electrons. The van der Waals surface area contributed by atoms with Gasteiger partial charge in [-0.3, -0.25) is 4.79 Å². The van der Waals surface area contributed by atoms with Crippen molar-refractivity contribution in [3.63, 3.8) is 0 Å². The van der Waals surface area contributed by atoms with Gasteiger partial charge in [0.15, 0.2) is 0 Å². The van der Waals surface area contributed by atoms with Crippen molar-refractivity contribution >= 4 is 22.4 Å². The maximum Gasteiger partial charge on any atom is 0.226 e. The predicted molar refractivity (Wildman–Crippen MR) is 77.3 cm³/mol. The van der Waals surface area contributed by atoms with Gasteiger partial charge >= 0.3 is 0 Å². The largest absolute Gasteiger partial charge is 0.301 e. The molecular weight excluding hydrogens is 258 g/mol. The molecule has 100 valence electrons. The van der Waals surface area contributed by atoms with Gasteiger partial charge in [0.05, 0.1) is 0 Å².